The van der Waals surface area contributed by atoms with E-state index in [1.807, 2.05) is 60.7 Å². The van der Waals surface area contributed by atoms with E-state index in [9.17, 15) is 23.4 Å². The molecule has 0 aromatic heterocycles. The molecule has 0 saturated heterocycles. The van der Waals surface area contributed by atoms with Crippen molar-refractivity contribution in [2.75, 3.05) is 14.1 Å². The lowest BCUT2D eigenvalue weighted by Crippen LogP contribution is -2.49. The summed E-state index contributed by atoms with van der Waals surface area (Å²) in [6.45, 7) is 0. The van der Waals surface area contributed by atoms with Gasteiger partial charge in [0.05, 0.1) is 12.1 Å². The molecule has 0 aliphatic carbocycles. The van der Waals surface area contributed by atoms with Crippen LogP contribution in [0.2, 0.25) is 0 Å². The first kappa shape index (κ1) is 23.8. The maximum absolute atomic E-state index is 12.4. The summed E-state index contributed by atoms with van der Waals surface area (Å²) in [5.74, 6) is 0. The smallest absolute Gasteiger partial charge is 0.404 e. The normalized spacial score (nSPS) is 14.8. The van der Waals surface area contributed by atoms with Crippen LogP contribution in [0, 0.1) is 0 Å². The molecule has 0 fully saturated rings. The first-order chi connectivity index (χ1) is 14.2. The Morgan fingerprint density at radius 1 is 0.967 bits per heavy atom. The molecule has 9 heteroatoms. The number of aliphatic hydroxyl groups excluding tert-OH is 1. The van der Waals surface area contributed by atoms with Crippen molar-refractivity contribution >= 4 is 16.3 Å². The summed E-state index contributed by atoms with van der Waals surface area (Å²) in [5, 5.41) is 22.4. The quantitative estimate of drug-likeness (QED) is 0.428. The van der Waals surface area contributed by atoms with Gasteiger partial charge in [-0.05, 0) is 30.4 Å². The lowest BCUT2D eigenvalue weighted by Gasteiger charge is -2.28. The second kappa shape index (κ2) is 11.1. The van der Waals surface area contributed by atoms with Crippen molar-refractivity contribution in [2.24, 2.45) is 0 Å². The summed E-state index contributed by atoms with van der Waals surface area (Å²) in [5.41, 5.74) is 1.77. The van der Waals surface area contributed by atoms with Gasteiger partial charge in [0.25, 0.3) is 10.2 Å². The lowest BCUT2D eigenvalue weighted by molar-refractivity contribution is 0.104. The summed E-state index contributed by atoms with van der Waals surface area (Å²) >= 11 is 0. The minimum Gasteiger partial charge on any atom is -0.465 e. The highest BCUT2D eigenvalue weighted by molar-refractivity contribution is 7.87. The molecule has 2 aromatic carbocycles. The fraction of sp³-hybridized carbons (Fsp3) is 0.381. The summed E-state index contributed by atoms with van der Waals surface area (Å²) in [6, 6.07) is 17.1. The molecule has 1 amide bonds. The van der Waals surface area contributed by atoms with Gasteiger partial charge in [-0.1, -0.05) is 60.7 Å². The molecule has 0 aliphatic rings. The molecule has 0 heterocycles. The number of nitrogens with zero attached hydrogens (tertiary/aromatic N) is 1. The summed E-state index contributed by atoms with van der Waals surface area (Å²) in [6.07, 6.45) is -1.66. The zero-order chi connectivity index (χ0) is 22.1. The second-order valence-corrected chi connectivity index (χ2v) is 9.26. The summed E-state index contributed by atoms with van der Waals surface area (Å²) in [7, 11) is -0.897. The van der Waals surface area contributed by atoms with E-state index in [1.165, 1.54) is 14.1 Å². The Hall–Kier alpha value is -2.46. The third-order valence-electron chi connectivity index (χ3n) is 4.72. The van der Waals surface area contributed by atoms with Gasteiger partial charge in [0.15, 0.2) is 0 Å². The fourth-order valence-electron chi connectivity index (χ4n) is 3.15. The Kier molecular flexibility index (Phi) is 8.79. The van der Waals surface area contributed by atoms with E-state index in [0.717, 1.165) is 15.4 Å². The lowest BCUT2D eigenvalue weighted by atomic mass is 9.94. The van der Waals surface area contributed by atoms with Gasteiger partial charge < -0.3 is 15.5 Å². The van der Waals surface area contributed by atoms with Crippen molar-refractivity contribution in [1.82, 2.24) is 14.3 Å². The SMILES string of the molecule is CN(C)S(=O)(=O)N[C@@H](Cc1ccccc1)C[C@H](O)[C@H](Cc1ccccc1)NC(=O)O. The Morgan fingerprint density at radius 3 is 1.93 bits per heavy atom. The molecule has 0 bridgehead atoms. The molecule has 164 valence electrons. The molecular weight excluding hydrogens is 406 g/mol. The Morgan fingerprint density at radius 2 is 1.47 bits per heavy atom. The molecule has 0 unspecified atom stereocenters. The Labute approximate surface area is 177 Å². The van der Waals surface area contributed by atoms with Crippen LogP contribution in [0.4, 0.5) is 4.79 Å². The van der Waals surface area contributed by atoms with Gasteiger partial charge in [-0.3, -0.25) is 0 Å². The number of amides is 1. The van der Waals surface area contributed by atoms with Crippen molar-refractivity contribution in [1.29, 1.82) is 0 Å². The Bertz CT molecular complexity index is 891. The highest BCUT2D eigenvalue weighted by atomic mass is 32.2. The van der Waals surface area contributed by atoms with E-state index in [-0.39, 0.29) is 12.8 Å². The van der Waals surface area contributed by atoms with Crippen LogP contribution in [0.1, 0.15) is 17.5 Å². The third-order valence-corrected chi connectivity index (χ3v) is 6.31. The number of carboxylic acid groups (broad SMARTS) is 1. The first-order valence-corrected chi connectivity index (χ1v) is 11.1. The molecule has 2 rings (SSSR count). The minimum absolute atomic E-state index is 0.0414. The predicted molar refractivity (Wildman–Crippen MR) is 115 cm³/mol. The minimum atomic E-state index is -3.74. The van der Waals surface area contributed by atoms with Gasteiger partial charge in [-0.25, -0.2) is 4.79 Å². The zero-order valence-electron chi connectivity index (χ0n) is 17.1. The van der Waals surface area contributed by atoms with E-state index in [2.05, 4.69) is 10.0 Å². The number of rotatable bonds is 11. The fourth-order valence-corrected chi connectivity index (χ4v) is 3.97. The largest absolute Gasteiger partial charge is 0.465 e. The van der Waals surface area contributed by atoms with Gasteiger partial charge in [0, 0.05) is 20.1 Å². The van der Waals surface area contributed by atoms with Crippen LogP contribution in [-0.4, -0.2) is 61.3 Å². The molecule has 0 radical (unpaired) electrons. The van der Waals surface area contributed by atoms with Crippen LogP contribution >= 0.6 is 0 Å². The molecule has 0 spiro atoms. The number of nitrogens with one attached hydrogen (secondary N) is 2. The van der Waals surface area contributed by atoms with Crippen LogP contribution in [0.5, 0.6) is 0 Å². The zero-order valence-corrected chi connectivity index (χ0v) is 17.9. The van der Waals surface area contributed by atoms with Crippen LogP contribution in [0.25, 0.3) is 0 Å². The number of hydrogen-bond donors (Lipinski definition) is 4. The van der Waals surface area contributed by atoms with Crippen molar-refractivity contribution in [3.8, 4) is 0 Å². The van der Waals surface area contributed by atoms with Crippen LogP contribution in [0.15, 0.2) is 60.7 Å². The molecule has 0 saturated carbocycles. The molecular formula is C21H29N3O5S. The van der Waals surface area contributed by atoms with Gasteiger partial charge in [-0.2, -0.15) is 17.4 Å². The standard InChI is InChI=1S/C21H29N3O5S/c1-24(2)30(28,29)23-18(13-16-9-5-3-6-10-16)15-20(25)19(22-21(26)27)14-17-11-7-4-8-12-17/h3-12,18-20,22-23,25H,13-15H2,1-2H3,(H,26,27)/t18-,19-,20-/m0/s1. The summed E-state index contributed by atoms with van der Waals surface area (Å²) in [4.78, 5) is 11.3. The first-order valence-electron chi connectivity index (χ1n) is 9.62. The van der Waals surface area contributed by atoms with Gasteiger partial charge in [-0.15, -0.1) is 0 Å². The Balaban J connectivity index is 2.19. The molecule has 0 aliphatic heterocycles. The third kappa shape index (κ3) is 7.75. The summed E-state index contributed by atoms with van der Waals surface area (Å²) < 4.78 is 28.4. The van der Waals surface area contributed by atoms with E-state index in [0.29, 0.717) is 6.42 Å². The van der Waals surface area contributed by atoms with Crippen LogP contribution < -0.4 is 10.0 Å². The van der Waals surface area contributed by atoms with E-state index in [4.69, 9.17) is 0 Å². The molecule has 3 atom stereocenters. The number of hydrogen-bond acceptors (Lipinski definition) is 4. The van der Waals surface area contributed by atoms with Gasteiger partial charge in [0.1, 0.15) is 0 Å². The van der Waals surface area contributed by atoms with Crippen LogP contribution in [-0.2, 0) is 23.1 Å². The number of aliphatic hydroxyl groups is 1. The highest BCUT2D eigenvalue weighted by Crippen LogP contribution is 2.15. The maximum atomic E-state index is 12.4. The maximum Gasteiger partial charge on any atom is 0.404 e. The molecule has 30 heavy (non-hydrogen) atoms. The van der Waals surface area contributed by atoms with Crippen molar-refractivity contribution in [3.63, 3.8) is 0 Å². The second-order valence-electron chi connectivity index (χ2n) is 7.34. The van der Waals surface area contributed by atoms with E-state index >= 15 is 0 Å². The number of benzene rings is 2. The molecule has 2 aromatic rings. The topological polar surface area (TPSA) is 119 Å². The monoisotopic (exact) mass is 435 g/mol. The van der Waals surface area contributed by atoms with E-state index < -0.39 is 34.5 Å². The van der Waals surface area contributed by atoms with Gasteiger partial charge >= 0.3 is 6.09 Å². The van der Waals surface area contributed by atoms with Gasteiger partial charge in [0.2, 0.25) is 0 Å². The van der Waals surface area contributed by atoms with Crippen LogP contribution in [0.3, 0.4) is 0 Å². The molecule has 8 nitrogen and oxygen atoms in total. The predicted octanol–water partition coefficient (Wildman–Crippen LogP) is 1.62. The number of carbonyl (C=O) groups is 1. The average molecular weight is 436 g/mol. The highest BCUT2D eigenvalue weighted by Gasteiger charge is 2.28. The van der Waals surface area contributed by atoms with Crippen molar-refractivity contribution in [2.45, 2.75) is 37.5 Å². The average Bonchev–Trinajstić information content (AvgIpc) is 2.68. The molecule has 4 N–H and O–H groups in total. The van der Waals surface area contributed by atoms with Crippen molar-refractivity contribution < 1.29 is 23.4 Å². The van der Waals surface area contributed by atoms with E-state index in [1.54, 1.807) is 0 Å². The van der Waals surface area contributed by atoms with Crippen molar-refractivity contribution in [3.05, 3.63) is 71.8 Å².